The van der Waals surface area contributed by atoms with E-state index in [1.54, 1.807) is 0 Å². The van der Waals surface area contributed by atoms with E-state index in [1.807, 2.05) is 24.3 Å². The number of nitrogens with one attached hydrogen (secondary N) is 1. The van der Waals surface area contributed by atoms with E-state index in [-0.39, 0.29) is 23.5 Å². The molecule has 18 heavy (non-hydrogen) atoms. The van der Waals surface area contributed by atoms with Crippen molar-refractivity contribution in [2.24, 2.45) is 0 Å². The van der Waals surface area contributed by atoms with E-state index in [0.717, 1.165) is 31.2 Å². The van der Waals surface area contributed by atoms with Crippen molar-refractivity contribution in [1.29, 1.82) is 0 Å². The molecule has 0 heterocycles. The number of hydrogen-bond donors (Lipinski definition) is 3. The van der Waals surface area contributed by atoms with Gasteiger partial charge in [-0.25, -0.2) is 0 Å². The number of amides is 1. The van der Waals surface area contributed by atoms with E-state index in [2.05, 4.69) is 5.32 Å². The third-order valence-electron chi connectivity index (χ3n) is 4.18. The van der Waals surface area contributed by atoms with Crippen LogP contribution >= 0.6 is 0 Å². The zero-order valence-electron chi connectivity index (χ0n) is 10.3. The molecule has 1 aromatic rings. The molecule has 0 radical (unpaired) electrons. The maximum atomic E-state index is 12.4. The number of nitrogen functional groups attached to an aromatic ring is 1. The van der Waals surface area contributed by atoms with Crippen LogP contribution in [-0.4, -0.2) is 23.2 Å². The third-order valence-corrected chi connectivity index (χ3v) is 4.18. The number of benzene rings is 1. The van der Waals surface area contributed by atoms with Crippen LogP contribution in [0.1, 0.15) is 31.2 Å². The van der Waals surface area contributed by atoms with Crippen molar-refractivity contribution >= 4 is 11.6 Å². The Morgan fingerprint density at radius 2 is 1.83 bits per heavy atom. The Kier molecular flexibility index (Phi) is 2.38. The lowest BCUT2D eigenvalue weighted by molar-refractivity contribution is -0.124. The standard InChI is InChI=1S/C14H18N2O2/c15-11-3-1-10(2-4-11)14(7-8-14)12(18)16-13(9-17)5-6-13/h1-4,17H,5-9,15H2,(H,16,18). The molecule has 1 amide bonds. The van der Waals surface area contributed by atoms with Crippen molar-refractivity contribution in [3.05, 3.63) is 29.8 Å². The molecule has 0 saturated heterocycles. The van der Waals surface area contributed by atoms with Crippen LogP contribution < -0.4 is 11.1 Å². The van der Waals surface area contributed by atoms with Crippen LogP contribution in [0, 0.1) is 0 Å². The molecule has 96 valence electrons. The van der Waals surface area contributed by atoms with Gasteiger partial charge in [0.2, 0.25) is 5.91 Å². The Hall–Kier alpha value is -1.55. The minimum atomic E-state index is -0.377. The summed E-state index contributed by atoms with van der Waals surface area (Å²) in [5.74, 6) is 0.0545. The molecule has 0 aliphatic heterocycles. The molecule has 0 bridgehead atoms. The predicted molar refractivity (Wildman–Crippen MR) is 69.0 cm³/mol. The van der Waals surface area contributed by atoms with Gasteiger partial charge < -0.3 is 16.2 Å². The second-order valence-electron chi connectivity index (χ2n) is 5.60. The highest BCUT2D eigenvalue weighted by atomic mass is 16.3. The Labute approximate surface area is 106 Å². The highest BCUT2D eigenvalue weighted by molar-refractivity contribution is 5.92. The maximum absolute atomic E-state index is 12.4. The molecule has 0 aromatic heterocycles. The van der Waals surface area contributed by atoms with Gasteiger partial charge in [0, 0.05) is 5.69 Å². The summed E-state index contributed by atoms with van der Waals surface area (Å²) in [5.41, 5.74) is 6.70. The van der Waals surface area contributed by atoms with Crippen LogP contribution in [0.15, 0.2) is 24.3 Å². The number of aliphatic hydroxyl groups excluding tert-OH is 1. The molecule has 2 saturated carbocycles. The molecule has 4 N–H and O–H groups in total. The molecule has 2 aliphatic carbocycles. The van der Waals surface area contributed by atoms with Gasteiger partial charge in [0.15, 0.2) is 0 Å². The molecule has 4 nitrogen and oxygen atoms in total. The Morgan fingerprint density at radius 1 is 1.22 bits per heavy atom. The van der Waals surface area contributed by atoms with Gasteiger partial charge in [0.05, 0.1) is 17.6 Å². The van der Waals surface area contributed by atoms with Crippen LogP contribution in [0.25, 0.3) is 0 Å². The molecular weight excluding hydrogens is 228 g/mol. The van der Waals surface area contributed by atoms with Crippen LogP contribution in [0.5, 0.6) is 0 Å². The summed E-state index contributed by atoms with van der Waals surface area (Å²) in [6.45, 7) is 0.0383. The van der Waals surface area contributed by atoms with E-state index >= 15 is 0 Å². The first-order chi connectivity index (χ1) is 8.60. The van der Waals surface area contributed by atoms with Crippen LogP contribution in [0.2, 0.25) is 0 Å². The van der Waals surface area contributed by atoms with Gasteiger partial charge in [-0.05, 0) is 43.4 Å². The molecule has 2 fully saturated rings. The highest BCUT2D eigenvalue weighted by Crippen LogP contribution is 2.49. The number of nitrogens with two attached hydrogens (primary N) is 1. The minimum absolute atomic E-state index is 0.0383. The average molecular weight is 246 g/mol. The first kappa shape index (κ1) is 11.5. The fraction of sp³-hybridized carbons (Fsp3) is 0.500. The Balaban J connectivity index is 1.78. The monoisotopic (exact) mass is 246 g/mol. The summed E-state index contributed by atoms with van der Waals surface area (Å²) in [6.07, 6.45) is 3.52. The van der Waals surface area contributed by atoms with Gasteiger partial charge in [-0.1, -0.05) is 12.1 Å². The number of anilines is 1. The predicted octanol–water partition coefficient (Wildman–Crippen LogP) is 0.941. The van der Waals surface area contributed by atoms with E-state index in [0.29, 0.717) is 5.69 Å². The van der Waals surface area contributed by atoms with Gasteiger partial charge in [-0.15, -0.1) is 0 Å². The fourth-order valence-corrected chi connectivity index (χ4v) is 2.41. The van der Waals surface area contributed by atoms with Gasteiger partial charge in [0.25, 0.3) is 0 Å². The summed E-state index contributed by atoms with van der Waals surface area (Å²) in [7, 11) is 0. The first-order valence-corrected chi connectivity index (χ1v) is 6.40. The van der Waals surface area contributed by atoms with Crippen LogP contribution in [0.4, 0.5) is 5.69 Å². The topological polar surface area (TPSA) is 75.4 Å². The lowest BCUT2D eigenvalue weighted by Gasteiger charge is -2.20. The van der Waals surface area contributed by atoms with Gasteiger partial charge in [-0.3, -0.25) is 4.79 Å². The van der Waals surface area contributed by atoms with E-state index < -0.39 is 0 Å². The van der Waals surface area contributed by atoms with Crippen molar-refractivity contribution in [2.45, 2.75) is 36.6 Å². The van der Waals surface area contributed by atoms with Crippen molar-refractivity contribution in [3.63, 3.8) is 0 Å². The Morgan fingerprint density at radius 3 is 2.28 bits per heavy atom. The Bertz CT molecular complexity index is 473. The quantitative estimate of drug-likeness (QED) is 0.692. The number of rotatable bonds is 4. The number of hydrogen-bond acceptors (Lipinski definition) is 3. The lowest BCUT2D eigenvalue weighted by Crippen LogP contribution is -2.45. The molecule has 2 aliphatic rings. The largest absolute Gasteiger partial charge is 0.399 e. The van der Waals surface area contributed by atoms with Crippen LogP contribution in [-0.2, 0) is 10.2 Å². The number of carbonyl (C=O) groups excluding carboxylic acids is 1. The highest BCUT2D eigenvalue weighted by Gasteiger charge is 2.55. The molecule has 0 atom stereocenters. The first-order valence-electron chi connectivity index (χ1n) is 6.40. The summed E-state index contributed by atoms with van der Waals surface area (Å²) in [5, 5.41) is 12.3. The summed E-state index contributed by atoms with van der Waals surface area (Å²) < 4.78 is 0. The molecule has 4 heteroatoms. The SMILES string of the molecule is Nc1ccc(C2(C(=O)NC3(CO)CC3)CC2)cc1. The van der Waals surface area contributed by atoms with Gasteiger partial charge in [-0.2, -0.15) is 0 Å². The lowest BCUT2D eigenvalue weighted by atomic mass is 9.94. The normalized spacial score (nSPS) is 22.3. The summed E-state index contributed by atoms with van der Waals surface area (Å²) in [4.78, 5) is 12.4. The van der Waals surface area contributed by atoms with Crippen molar-refractivity contribution < 1.29 is 9.90 Å². The van der Waals surface area contributed by atoms with Gasteiger partial charge in [0.1, 0.15) is 0 Å². The van der Waals surface area contributed by atoms with Crippen molar-refractivity contribution in [3.8, 4) is 0 Å². The molecule has 3 rings (SSSR count). The minimum Gasteiger partial charge on any atom is -0.399 e. The molecular formula is C14H18N2O2. The fourth-order valence-electron chi connectivity index (χ4n) is 2.41. The number of carbonyl (C=O) groups is 1. The smallest absolute Gasteiger partial charge is 0.231 e. The van der Waals surface area contributed by atoms with Crippen LogP contribution in [0.3, 0.4) is 0 Å². The number of aliphatic hydroxyl groups is 1. The second kappa shape index (κ2) is 3.72. The zero-order chi connectivity index (χ0) is 12.8. The molecule has 0 spiro atoms. The van der Waals surface area contributed by atoms with E-state index in [4.69, 9.17) is 5.73 Å². The second-order valence-corrected chi connectivity index (χ2v) is 5.60. The summed E-state index contributed by atoms with van der Waals surface area (Å²) in [6, 6.07) is 7.53. The average Bonchev–Trinajstić information content (AvgIpc) is 3.25. The summed E-state index contributed by atoms with van der Waals surface area (Å²) >= 11 is 0. The van der Waals surface area contributed by atoms with E-state index in [1.165, 1.54) is 0 Å². The van der Waals surface area contributed by atoms with E-state index in [9.17, 15) is 9.90 Å². The van der Waals surface area contributed by atoms with Gasteiger partial charge >= 0.3 is 0 Å². The third kappa shape index (κ3) is 1.77. The molecule has 1 aromatic carbocycles. The zero-order valence-corrected chi connectivity index (χ0v) is 10.3. The maximum Gasteiger partial charge on any atom is 0.231 e. The molecule has 0 unspecified atom stereocenters. The van der Waals surface area contributed by atoms with Crippen molar-refractivity contribution in [1.82, 2.24) is 5.32 Å². The van der Waals surface area contributed by atoms with Crippen molar-refractivity contribution in [2.75, 3.05) is 12.3 Å².